The molecule has 2 N–H and O–H groups in total. The van der Waals surface area contributed by atoms with Crippen LogP contribution in [0.15, 0.2) is 77.0 Å². The fraction of sp³-hybridized carbons (Fsp3) is 0.160. The number of aromatic nitrogens is 1. The van der Waals surface area contributed by atoms with E-state index in [1.807, 2.05) is 73.0 Å². The zero-order valence-electron chi connectivity index (χ0n) is 17.8. The fourth-order valence-electron chi connectivity index (χ4n) is 3.73. The molecule has 4 aromatic rings. The van der Waals surface area contributed by atoms with Crippen LogP contribution in [0, 0.1) is 20.8 Å². The van der Waals surface area contributed by atoms with Crippen LogP contribution in [0.3, 0.4) is 0 Å². The van der Waals surface area contributed by atoms with Crippen molar-refractivity contribution in [1.82, 2.24) is 4.57 Å². The molecule has 0 spiro atoms. The summed E-state index contributed by atoms with van der Waals surface area (Å²) in [6.07, 6.45) is 0. The van der Waals surface area contributed by atoms with Crippen molar-refractivity contribution in [2.45, 2.75) is 27.3 Å². The summed E-state index contributed by atoms with van der Waals surface area (Å²) in [4.78, 5) is 0. The number of nitrogens with one attached hydrogen (secondary N) is 1. The van der Waals surface area contributed by atoms with Crippen LogP contribution in [0.4, 0.5) is 11.4 Å². The number of hydrogen-bond acceptors (Lipinski definition) is 3. The fourth-order valence-corrected chi connectivity index (χ4v) is 3.87. The van der Waals surface area contributed by atoms with Crippen LogP contribution in [-0.2, 0) is 6.54 Å². The van der Waals surface area contributed by atoms with Crippen molar-refractivity contribution >= 4 is 39.6 Å². The summed E-state index contributed by atoms with van der Waals surface area (Å²) in [7, 11) is 0. The first-order valence-electron chi connectivity index (χ1n) is 10.1. The summed E-state index contributed by atoms with van der Waals surface area (Å²) in [6.45, 7) is 6.64. The van der Waals surface area contributed by atoms with Gasteiger partial charge in [0.25, 0.3) is 0 Å². The molecule has 0 saturated carbocycles. The minimum Gasteiger partial charge on any atom is -0.493 e. The third-order valence-corrected chi connectivity index (χ3v) is 5.64. The molecule has 1 aromatic heterocycles. The van der Waals surface area contributed by atoms with Gasteiger partial charge in [0.15, 0.2) is 5.69 Å². The van der Waals surface area contributed by atoms with Crippen molar-refractivity contribution in [1.29, 1.82) is 0 Å². The standard InChI is InChI=1S/C25H24N4OS/c1-16-9-4-5-12-19(16)15-29-21-14-7-6-13-20(21)23(24(29)30)27-28-25(31)26-22-17(2)10-8-11-18(22)3/h4-14,30H,15H2,1-3H3,(H,26,31). The Labute approximate surface area is 187 Å². The molecule has 0 bridgehead atoms. The first-order chi connectivity index (χ1) is 15.0. The highest BCUT2D eigenvalue weighted by Crippen LogP contribution is 2.39. The van der Waals surface area contributed by atoms with Gasteiger partial charge in [-0.2, -0.15) is 0 Å². The first kappa shape index (κ1) is 20.8. The van der Waals surface area contributed by atoms with Crippen LogP contribution in [0.2, 0.25) is 0 Å². The highest BCUT2D eigenvalue weighted by atomic mass is 32.1. The molecule has 5 nitrogen and oxygen atoms in total. The van der Waals surface area contributed by atoms with Gasteiger partial charge in [0.2, 0.25) is 11.0 Å². The number of hydrogen-bond donors (Lipinski definition) is 2. The topological polar surface area (TPSA) is 61.9 Å². The van der Waals surface area contributed by atoms with Crippen LogP contribution in [-0.4, -0.2) is 14.8 Å². The predicted molar refractivity (Wildman–Crippen MR) is 131 cm³/mol. The Morgan fingerprint density at radius 1 is 0.903 bits per heavy atom. The molecular weight excluding hydrogens is 404 g/mol. The Morgan fingerprint density at radius 3 is 2.29 bits per heavy atom. The average Bonchev–Trinajstić information content (AvgIpc) is 3.02. The van der Waals surface area contributed by atoms with Crippen LogP contribution in [0.25, 0.3) is 10.9 Å². The van der Waals surface area contributed by atoms with E-state index in [0.717, 1.165) is 33.3 Å². The molecule has 156 valence electrons. The van der Waals surface area contributed by atoms with Crippen molar-refractivity contribution in [2.75, 3.05) is 5.32 Å². The highest BCUT2D eigenvalue weighted by Gasteiger charge is 2.17. The van der Waals surface area contributed by atoms with Gasteiger partial charge in [-0.25, -0.2) is 0 Å². The van der Waals surface area contributed by atoms with E-state index in [9.17, 15) is 5.11 Å². The minimum atomic E-state index is 0.0723. The molecule has 1 heterocycles. The van der Waals surface area contributed by atoms with Crippen LogP contribution < -0.4 is 5.32 Å². The van der Waals surface area contributed by atoms with Crippen molar-refractivity contribution in [3.63, 3.8) is 0 Å². The van der Waals surface area contributed by atoms with Gasteiger partial charge in [-0.3, -0.25) is 0 Å². The van der Waals surface area contributed by atoms with Gasteiger partial charge in [-0.15, -0.1) is 10.2 Å². The lowest BCUT2D eigenvalue weighted by molar-refractivity contribution is 0.429. The quantitative estimate of drug-likeness (QED) is 0.277. The monoisotopic (exact) mass is 428 g/mol. The molecule has 0 aliphatic heterocycles. The van der Waals surface area contributed by atoms with E-state index in [1.54, 1.807) is 0 Å². The van der Waals surface area contributed by atoms with E-state index in [4.69, 9.17) is 12.2 Å². The zero-order valence-corrected chi connectivity index (χ0v) is 18.6. The Morgan fingerprint density at radius 2 is 1.55 bits per heavy atom. The van der Waals surface area contributed by atoms with E-state index < -0.39 is 0 Å². The van der Waals surface area contributed by atoms with Gasteiger partial charge >= 0.3 is 0 Å². The molecule has 4 rings (SSSR count). The van der Waals surface area contributed by atoms with E-state index in [1.165, 1.54) is 5.56 Å². The summed E-state index contributed by atoms with van der Waals surface area (Å²) < 4.78 is 1.86. The van der Waals surface area contributed by atoms with Gasteiger partial charge in [-0.05, 0) is 61.3 Å². The molecule has 0 saturated heterocycles. The average molecular weight is 429 g/mol. The Bertz CT molecular complexity index is 1290. The molecule has 3 aromatic carbocycles. The Hall–Kier alpha value is -3.51. The molecule has 0 amide bonds. The molecule has 6 heteroatoms. The number of azo groups is 1. The first-order valence-corrected chi connectivity index (χ1v) is 10.5. The molecule has 0 aliphatic rings. The second-order valence-corrected chi connectivity index (χ2v) is 7.99. The van der Waals surface area contributed by atoms with Gasteiger partial charge in [0.05, 0.1) is 12.1 Å². The summed E-state index contributed by atoms with van der Waals surface area (Å²) in [5.41, 5.74) is 6.69. The second-order valence-electron chi connectivity index (χ2n) is 7.60. The highest BCUT2D eigenvalue weighted by molar-refractivity contribution is 7.80. The van der Waals surface area contributed by atoms with Gasteiger partial charge in [0, 0.05) is 11.1 Å². The van der Waals surface area contributed by atoms with Gasteiger partial charge in [0.1, 0.15) is 0 Å². The molecule has 0 unspecified atom stereocenters. The zero-order chi connectivity index (χ0) is 22.0. The second kappa shape index (κ2) is 8.70. The Balaban J connectivity index is 1.67. The molecule has 0 fully saturated rings. The van der Waals surface area contributed by atoms with E-state index in [2.05, 4.69) is 34.6 Å². The van der Waals surface area contributed by atoms with Gasteiger partial charge < -0.3 is 15.0 Å². The summed E-state index contributed by atoms with van der Waals surface area (Å²) in [6, 6.07) is 21.9. The molecular formula is C25H24N4OS. The number of para-hydroxylation sites is 2. The SMILES string of the molecule is Cc1ccccc1Cn1c(O)c(N=NC(=S)Nc2c(C)cccc2C)c2ccccc21. The minimum absolute atomic E-state index is 0.0723. The largest absolute Gasteiger partial charge is 0.493 e. The summed E-state index contributed by atoms with van der Waals surface area (Å²) in [5, 5.41) is 23.7. The number of benzene rings is 3. The summed E-state index contributed by atoms with van der Waals surface area (Å²) in [5.74, 6) is 0.0723. The number of aryl methyl sites for hydroxylation is 3. The number of rotatable bonds is 4. The number of nitrogens with zero attached hydrogens (tertiary/aromatic N) is 3. The smallest absolute Gasteiger partial charge is 0.221 e. The number of anilines is 1. The van der Waals surface area contributed by atoms with E-state index >= 15 is 0 Å². The normalized spacial score (nSPS) is 11.3. The molecule has 31 heavy (non-hydrogen) atoms. The van der Waals surface area contributed by atoms with E-state index in [0.29, 0.717) is 12.2 Å². The van der Waals surface area contributed by atoms with Crippen LogP contribution in [0.1, 0.15) is 22.3 Å². The number of thiocarbonyl (C=S) groups is 1. The molecule has 0 aliphatic carbocycles. The van der Waals surface area contributed by atoms with Gasteiger partial charge in [-0.1, -0.05) is 60.7 Å². The van der Waals surface area contributed by atoms with Crippen LogP contribution in [0.5, 0.6) is 5.88 Å². The van der Waals surface area contributed by atoms with Crippen molar-refractivity contribution in [3.8, 4) is 5.88 Å². The number of aromatic hydroxyl groups is 1. The van der Waals surface area contributed by atoms with Crippen molar-refractivity contribution in [2.24, 2.45) is 10.2 Å². The lowest BCUT2D eigenvalue weighted by Gasteiger charge is -2.10. The lowest BCUT2D eigenvalue weighted by atomic mass is 10.1. The summed E-state index contributed by atoms with van der Waals surface area (Å²) >= 11 is 5.39. The molecule has 0 atom stereocenters. The third kappa shape index (κ3) is 4.20. The predicted octanol–water partition coefficient (Wildman–Crippen LogP) is 6.80. The maximum absolute atomic E-state index is 11.0. The lowest BCUT2D eigenvalue weighted by Crippen LogP contribution is -2.07. The third-order valence-electron chi connectivity index (χ3n) is 5.46. The molecule has 0 radical (unpaired) electrons. The number of fused-ring (bicyclic) bond motifs is 1. The van der Waals surface area contributed by atoms with Crippen molar-refractivity contribution < 1.29 is 5.11 Å². The maximum Gasteiger partial charge on any atom is 0.221 e. The Kier molecular flexibility index (Phi) is 5.82. The van der Waals surface area contributed by atoms with Crippen LogP contribution >= 0.6 is 12.2 Å². The van der Waals surface area contributed by atoms with Crippen molar-refractivity contribution in [3.05, 3.63) is 89.0 Å². The van der Waals surface area contributed by atoms with E-state index in [-0.39, 0.29) is 11.0 Å². The maximum atomic E-state index is 11.0.